The molecule has 1 saturated heterocycles. The van der Waals surface area contributed by atoms with Gasteiger partial charge in [-0.1, -0.05) is 44.0 Å². The quantitative estimate of drug-likeness (QED) is 0.395. The average Bonchev–Trinajstić information content (AvgIpc) is 2.64. The SMILES string of the molecule is CCCC1CCC(c2ccc(COCOC3CC(C)(C)NC(C)(C)C3)cc2)CC1. The normalized spacial score (nSPS) is 27.1. The predicted molar refractivity (Wildman–Crippen MR) is 121 cm³/mol. The lowest BCUT2D eigenvalue weighted by molar-refractivity contribution is -0.120. The Morgan fingerprint density at radius 1 is 0.931 bits per heavy atom. The second-order valence-corrected chi connectivity index (χ2v) is 10.8. The number of rotatable bonds is 8. The van der Waals surface area contributed by atoms with Gasteiger partial charge in [-0.2, -0.15) is 0 Å². The average molecular weight is 402 g/mol. The molecule has 3 heteroatoms. The number of ether oxygens (including phenoxy) is 2. The Morgan fingerprint density at radius 3 is 2.14 bits per heavy atom. The predicted octanol–water partition coefficient (Wildman–Crippen LogP) is 6.56. The van der Waals surface area contributed by atoms with E-state index in [1.807, 2.05) is 0 Å². The minimum Gasteiger partial charge on any atom is -0.352 e. The monoisotopic (exact) mass is 401 g/mol. The summed E-state index contributed by atoms with van der Waals surface area (Å²) in [5.41, 5.74) is 2.97. The van der Waals surface area contributed by atoms with Crippen LogP contribution in [0.15, 0.2) is 24.3 Å². The van der Waals surface area contributed by atoms with Crippen LogP contribution in [-0.2, 0) is 16.1 Å². The van der Waals surface area contributed by atoms with E-state index in [4.69, 9.17) is 9.47 Å². The fraction of sp³-hybridized carbons (Fsp3) is 0.769. The summed E-state index contributed by atoms with van der Waals surface area (Å²) in [5.74, 6) is 1.73. The zero-order valence-electron chi connectivity index (χ0n) is 19.4. The van der Waals surface area contributed by atoms with Crippen LogP contribution in [0.5, 0.6) is 0 Å². The van der Waals surface area contributed by atoms with Gasteiger partial charge in [0.25, 0.3) is 0 Å². The van der Waals surface area contributed by atoms with Crippen LogP contribution in [0.25, 0.3) is 0 Å². The molecule has 1 aromatic carbocycles. The van der Waals surface area contributed by atoms with Crippen LogP contribution in [0.3, 0.4) is 0 Å². The molecule has 2 aliphatic rings. The Bertz CT molecular complexity index is 598. The molecule has 1 saturated carbocycles. The number of hydrogen-bond acceptors (Lipinski definition) is 3. The van der Waals surface area contributed by atoms with E-state index in [1.54, 1.807) is 0 Å². The lowest BCUT2D eigenvalue weighted by Gasteiger charge is -2.46. The highest BCUT2D eigenvalue weighted by Gasteiger charge is 2.38. The Morgan fingerprint density at radius 2 is 1.55 bits per heavy atom. The summed E-state index contributed by atoms with van der Waals surface area (Å²) in [5, 5.41) is 3.70. The summed E-state index contributed by atoms with van der Waals surface area (Å²) in [6.45, 7) is 12.3. The van der Waals surface area contributed by atoms with Crippen LogP contribution in [0.2, 0.25) is 0 Å². The van der Waals surface area contributed by atoms with Crippen molar-refractivity contribution in [3.8, 4) is 0 Å². The van der Waals surface area contributed by atoms with Gasteiger partial charge in [0, 0.05) is 11.1 Å². The van der Waals surface area contributed by atoms with Crippen molar-refractivity contribution in [2.75, 3.05) is 6.79 Å². The summed E-state index contributed by atoms with van der Waals surface area (Å²) in [6.07, 6.45) is 10.6. The molecule has 1 heterocycles. The van der Waals surface area contributed by atoms with Gasteiger partial charge in [0.05, 0.1) is 12.7 Å². The first kappa shape index (κ1) is 22.8. The maximum Gasteiger partial charge on any atom is 0.147 e. The first-order chi connectivity index (χ1) is 13.8. The van der Waals surface area contributed by atoms with Gasteiger partial charge in [0.15, 0.2) is 0 Å². The van der Waals surface area contributed by atoms with E-state index < -0.39 is 0 Å². The van der Waals surface area contributed by atoms with Gasteiger partial charge in [0.2, 0.25) is 0 Å². The molecule has 164 valence electrons. The summed E-state index contributed by atoms with van der Waals surface area (Å²) < 4.78 is 11.9. The Hall–Kier alpha value is -0.900. The summed E-state index contributed by atoms with van der Waals surface area (Å²) >= 11 is 0. The Kier molecular flexibility index (Phi) is 7.81. The van der Waals surface area contributed by atoms with Crippen molar-refractivity contribution in [3.63, 3.8) is 0 Å². The van der Waals surface area contributed by atoms with E-state index in [2.05, 4.69) is 64.2 Å². The molecule has 29 heavy (non-hydrogen) atoms. The smallest absolute Gasteiger partial charge is 0.147 e. The van der Waals surface area contributed by atoms with Gasteiger partial charge < -0.3 is 14.8 Å². The molecular formula is C26H43NO2. The molecule has 1 N–H and O–H groups in total. The van der Waals surface area contributed by atoms with Crippen molar-refractivity contribution >= 4 is 0 Å². The Balaban J connectivity index is 1.38. The van der Waals surface area contributed by atoms with Crippen LogP contribution >= 0.6 is 0 Å². The fourth-order valence-electron chi connectivity index (χ4n) is 5.73. The molecule has 1 aromatic rings. The molecular weight excluding hydrogens is 358 g/mol. The Labute approximate surface area is 178 Å². The maximum atomic E-state index is 6.06. The third-order valence-corrected chi connectivity index (χ3v) is 6.80. The zero-order valence-corrected chi connectivity index (χ0v) is 19.4. The lowest BCUT2D eigenvalue weighted by Crippen LogP contribution is -2.59. The minimum atomic E-state index is 0.109. The van der Waals surface area contributed by atoms with E-state index in [9.17, 15) is 0 Å². The van der Waals surface area contributed by atoms with Crippen molar-refractivity contribution in [1.82, 2.24) is 5.32 Å². The highest BCUT2D eigenvalue weighted by molar-refractivity contribution is 5.25. The number of piperidine rings is 1. The standard InChI is InChI=1S/C26H43NO2/c1-6-7-20-8-12-22(13-9-20)23-14-10-21(11-15-23)18-28-19-29-24-16-25(2,3)27-26(4,5)17-24/h10-11,14-15,20,22,24,27H,6-9,12-13,16-19H2,1-5H3. The molecule has 0 aromatic heterocycles. The summed E-state index contributed by atoms with van der Waals surface area (Å²) in [7, 11) is 0. The fourth-order valence-corrected chi connectivity index (χ4v) is 5.73. The molecule has 0 unspecified atom stereocenters. The van der Waals surface area contributed by atoms with Gasteiger partial charge >= 0.3 is 0 Å². The summed E-state index contributed by atoms with van der Waals surface area (Å²) in [4.78, 5) is 0. The van der Waals surface area contributed by atoms with E-state index in [1.165, 1.54) is 49.7 Å². The second-order valence-electron chi connectivity index (χ2n) is 10.8. The third-order valence-electron chi connectivity index (χ3n) is 6.80. The van der Waals surface area contributed by atoms with Crippen molar-refractivity contribution in [2.45, 2.75) is 116 Å². The first-order valence-electron chi connectivity index (χ1n) is 11.8. The van der Waals surface area contributed by atoms with Crippen LogP contribution in [-0.4, -0.2) is 24.0 Å². The number of nitrogens with one attached hydrogen (secondary N) is 1. The third kappa shape index (κ3) is 7.08. The molecule has 1 aliphatic heterocycles. The summed E-state index contributed by atoms with van der Waals surface area (Å²) in [6, 6.07) is 9.12. The maximum absolute atomic E-state index is 6.06. The molecule has 3 nitrogen and oxygen atoms in total. The van der Waals surface area contributed by atoms with E-state index in [0.29, 0.717) is 13.4 Å². The molecule has 0 atom stereocenters. The van der Waals surface area contributed by atoms with Crippen LogP contribution < -0.4 is 5.32 Å². The highest BCUT2D eigenvalue weighted by atomic mass is 16.7. The van der Waals surface area contributed by atoms with Crippen LogP contribution in [0, 0.1) is 5.92 Å². The molecule has 0 spiro atoms. The van der Waals surface area contributed by atoms with E-state index >= 15 is 0 Å². The first-order valence-corrected chi connectivity index (χ1v) is 11.8. The largest absolute Gasteiger partial charge is 0.352 e. The van der Waals surface area contributed by atoms with Gasteiger partial charge in [-0.15, -0.1) is 0 Å². The molecule has 0 amide bonds. The zero-order chi connectivity index (χ0) is 20.9. The van der Waals surface area contributed by atoms with Crippen molar-refractivity contribution in [1.29, 1.82) is 0 Å². The van der Waals surface area contributed by atoms with Crippen molar-refractivity contribution in [3.05, 3.63) is 35.4 Å². The minimum absolute atomic E-state index is 0.109. The second kappa shape index (κ2) is 9.94. The van der Waals surface area contributed by atoms with Crippen molar-refractivity contribution in [2.24, 2.45) is 5.92 Å². The van der Waals surface area contributed by atoms with E-state index in [-0.39, 0.29) is 17.2 Å². The van der Waals surface area contributed by atoms with Gasteiger partial charge in [-0.25, -0.2) is 0 Å². The van der Waals surface area contributed by atoms with Crippen LogP contribution in [0.1, 0.15) is 103 Å². The van der Waals surface area contributed by atoms with Crippen LogP contribution in [0.4, 0.5) is 0 Å². The van der Waals surface area contributed by atoms with E-state index in [0.717, 1.165) is 24.7 Å². The molecule has 3 rings (SSSR count). The molecule has 0 radical (unpaired) electrons. The molecule has 0 bridgehead atoms. The van der Waals surface area contributed by atoms with Gasteiger partial charge in [-0.05, 0) is 89.2 Å². The number of benzene rings is 1. The molecule has 1 aliphatic carbocycles. The van der Waals surface area contributed by atoms with Crippen molar-refractivity contribution < 1.29 is 9.47 Å². The topological polar surface area (TPSA) is 30.5 Å². The highest BCUT2D eigenvalue weighted by Crippen LogP contribution is 2.37. The lowest BCUT2D eigenvalue weighted by atomic mass is 9.77. The molecule has 2 fully saturated rings. The van der Waals surface area contributed by atoms with Gasteiger partial charge in [-0.3, -0.25) is 0 Å². The van der Waals surface area contributed by atoms with Gasteiger partial charge in [0.1, 0.15) is 6.79 Å². The number of hydrogen-bond donors (Lipinski definition) is 1.